The zero-order chi connectivity index (χ0) is 21.0. The molecule has 150 valence electrons. The average molecular weight is 430 g/mol. The van der Waals surface area contributed by atoms with Gasteiger partial charge in [-0.15, -0.1) is 0 Å². The number of hydrogen-bond donors (Lipinski definition) is 0. The molecule has 0 saturated heterocycles. The van der Waals surface area contributed by atoms with Crippen LogP contribution in [0, 0.1) is 0 Å². The molecule has 0 atom stereocenters. The van der Waals surface area contributed by atoms with Gasteiger partial charge in [-0.2, -0.15) is 0 Å². The Kier molecular flexibility index (Phi) is 6.37. The number of rotatable bonds is 6. The second kappa shape index (κ2) is 8.78. The zero-order valence-corrected chi connectivity index (χ0v) is 17.6. The number of hydrogen-bond acceptors (Lipinski definition) is 4. The molecule has 3 rings (SSSR count). The molecule has 0 heterocycles. The van der Waals surface area contributed by atoms with Crippen molar-refractivity contribution in [1.29, 1.82) is 0 Å². The van der Waals surface area contributed by atoms with Gasteiger partial charge in [-0.25, -0.2) is 17.5 Å². The average Bonchev–Trinajstić information content (AvgIpc) is 2.73. The van der Waals surface area contributed by atoms with Crippen molar-refractivity contribution < 1.29 is 17.9 Å². The summed E-state index contributed by atoms with van der Waals surface area (Å²) in [6, 6.07) is 21.6. The van der Waals surface area contributed by atoms with Crippen LogP contribution in [0.3, 0.4) is 0 Å². The molecule has 0 N–H and O–H groups in total. The third kappa shape index (κ3) is 4.85. The summed E-state index contributed by atoms with van der Waals surface area (Å²) in [6.07, 6.45) is 0. The molecule has 0 aliphatic heterocycles. The van der Waals surface area contributed by atoms with Crippen molar-refractivity contribution in [2.45, 2.75) is 11.5 Å². The highest BCUT2D eigenvalue weighted by Gasteiger charge is 2.21. The number of esters is 1. The molecular formula is C22H20ClNO4S. The van der Waals surface area contributed by atoms with Gasteiger partial charge in [0, 0.05) is 14.1 Å². The first-order valence-corrected chi connectivity index (χ1v) is 10.6. The molecule has 0 aliphatic rings. The Labute approximate surface area is 175 Å². The van der Waals surface area contributed by atoms with Crippen LogP contribution < -0.4 is 0 Å². The molecule has 0 saturated carbocycles. The Morgan fingerprint density at radius 3 is 2.17 bits per heavy atom. The third-order valence-electron chi connectivity index (χ3n) is 4.37. The molecule has 0 aromatic heterocycles. The molecule has 7 heteroatoms. The lowest BCUT2D eigenvalue weighted by atomic mass is 10.0. The smallest absolute Gasteiger partial charge is 0.340 e. The van der Waals surface area contributed by atoms with Gasteiger partial charge in [-0.1, -0.05) is 66.2 Å². The van der Waals surface area contributed by atoms with Gasteiger partial charge in [0.05, 0.1) is 15.5 Å². The Bertz CT molecular complexity index is 1110. The molecule has 0 fully saturated rings. The van der Waals surface area contributed by atoms with E-state index in [1.165, 1.54) is 32.3 Å². The number of nitrogens with zero attached hydrogens (tertiary/aromatic N) is 1. The summed E-state index contributed by atoms with van der Waals surface area (Å²) in [5.74, 6) is -0.682. The Morgan fingerprint density at radius 2 is 1.55 bits per heavy atom. The van der Waals surface area contributed by atoms with Gasteiger partial charge in [0.2, 0.25) is 10.0 Å². The van der Waals surface area contributed by atoms with Gasteiger partial charge < -0.3 is 4.74 Å². The fraction of sp³-hybridized carbons (Fsp3) is 0.136. The highest BCUT2D eigenvalue weighted by molar-refractivity contribution is 7.89. The van der Waals surface area contributed by atoms with Gasteiger partial charge in [0.25, 0.3) is 0 Å². The lowest BCUT2D eigenvalue weighted by Crippen LogP contribution is -2.22. The van der Waals surface area contributed by atoms with E-state index in [1.807, 2.05) is 54.6 Å². The topological polar surface area (TPSA) is 63.7 Å². The zero-order valence-electron chi connectivity index (χ0n) is 16.0. The maximum atomic E-state index is 12.5. The molecule has 0 spiro atoms. The van der Waals surface area contributed by atoms with Crippen molar-refractivity contribution in [3.05, 3.63) is 88.9 Å². The number of carbonyl (C=O) groups is 1. The first-order valence-electron chi connectivity index (χ1n) is 8.82. The van der Waals surface area contributed by atoms with Crippen molar-refractivity contribution >= 4 is 27.6 Å². The number of ether oxygens (including phenoxy) is 1. The highest BCUT2D eigenvalue weighted by atomic mass is 35.5. The summed E-state index contributed by atoms with van der Waals surface area (Å²) in [6.45, 7) is 0.0505. The molecule has 0 bridgehead atoms. The van der Waals surface area contributed by atoms with Crippen molar-refractivity contribution in [2.24, 2.45) is 0 Å². The van der Waals surface area contributed by atoms with Crippen LogP contribution in [0.1, 0.15) is 15.9 Å². The summed E-state index contributed by atoms with van der Waals surface area (Å²) >= 11 is 6.08. The monoisotopic (exact) mass is 429 g/mol. The minimum atomic E-state index is -3.68. The van der Waals surface area contributed by atoms with Crippen LogP contribution in [-0.2, 0) is 21.4 Å². The summed E-state index contributed by atoms with van der Waals surface area (Å²) < 4.78 is 31.0. The van der Waals surface area contributed by atoms with E-state index >= 15 is 0 Å². The predicted octanol–water partition coefficient (Wildman–Crippen LogP) is 4.61. The lowest BCUT2D eigenvalue weighted by molar-refractivity contribution is 0.0472. The summed E-state index contributed by atoms with van der Waals surface area (Å²) in [5.41, 5.74) is 2.98. The van der Waals surface area contributed by atoms with Crippen LogP contribution in [0.25, 0.3) is 11.1 Å². The standard InChI is InChI=1S/C22H20ClNO4S/c1-24(2)29(26,27)19-12-13-21(23)20(14-19)22(25)28-15-16-8-10-18(11-9-16)17-6-4-3-5-7-17/h3-14H,15H2,1-2H3. The molecule has 0 aliphatic carbocycles. The van der Waals surface area contributed by atoms with Gasteiger partial charge in [0.15, 0.2) is 0 Å². The van der Waals surface area contributed by atoms with E-state index in [4.69, 9.17) is 16.3 Å². The molecule has 0 radical (unpaired) electrons. The minimum Gasteiger partial charge on any atom is -0.457 e. The number of benzene rings is 3. The second-order valence-electron chi connectivity index (χ2n) is 6.57. The van der Waals surface area contributed by atoms with Gasteiger partial charge in [0.1, 0.15) is 6.61 Å². The van der Waals surface area contributed by atoms with E-state index in [0.717, 1.165) is 21.0 Å². The van der Waals surface area contributed by atoms with Gasteiger partial charge in [-0.3, -0.25) is 0 Å². The SMILES string of the molecule is CN(C)S(=O)(=O)c1ccc(Cl)c(C(=O)OCc2ccc(-c3ccccc3)cc2)c1. The van der Waals surface area contributed by atoms with Crippen molar-refractivity contribution in [2.75, 3.05) is 14.1 Å². The maximum Gasteiger partial charge on any atom is 0.340 e. The van der Waals surface area contributed by atoms with E-state index in [0.29, 0.717) is 0 Å². The first kappa shape index (κ1) is 21.0. The van der Waals surface area contributed by atoms with Crippen LogP contribution in [0.4, 0.5) is 0 Å². The largest absolute Gasteiger partial charge is 0.457 e. The molecule has 3 aromatic rings. The molecule has 0 amide bonds. The van der Waals surface area contributed by atoms with Crippen LogP contribution in [0.2, 0.25) is 5.02 Å². The maximum absolute atomic E-state index is 12.5. The van der Waals surface area contributed by atoms with Crippen molar-refractivity contribution in [3.8, 4) is 11.1 Å². The second-order valence-corrected chi connectivity index (χ2v) is 9.13. The molecule has 29 heavy (non-hydrogen) atoms. The summed E-state index contributed by atoms with van der Waals surface area (Å²) in [4.78, 5) is 12.4. The van der Waals surface area contributed by atoms with Crippen LogP contribution >= 0.6 is 11.6 Å². The minimum absolute atomic E-state index is 0.00972. The Hall–Kier alpha value is -2.67. The lowest BCUT2D eigenvalue weighted by Gasteiger charge is -2.13. The van der Waals surface area contributed by atoms with E-state index in [9.17, 15) is 13.2 Å². The first-order chi connectivity index (χ1) is 13.8. The van der Waals surface area contributed by atoms with Gasteiger partial charge in [-0.05, 0) is 34.9 Å². The Balaban J connectivity index is 1.73. The van der Waals surface area contributed by atoms with E-state index in [-0.39, 0.29) is 22.1 Å². The number of sulfonamides is 1. The van der Waals surface area contributed by atoms with E-state index in [2.05, 4.69) is 0 Å². The Morgan fingerprint density at radius 1 is 0.931 bits per heavy atom. The molecule has 0 unspecified atom stereocenters. The molecule has 3 aromatic carbocycles. The highest BCUT2D eigenvalue weighted by Crippen LogP contribution is 2.24. The molecule has 5 nitrogen and oxygen atoms in total. The number of carbonyl (C=O) groups excluding carboxylic acids is 1. The summed E-state index contributed by atoms with van der Waals surface area (Å²) in [5, 5.41) is 0.132. The summed E-state index contributed by atoms with van der Waals surface area (Å²) in [7, 11) is -0.846. The fourth-order valence-corrected chi connectivity index (χ4v) is 3.81. The van der Waals surface area contributed by atoms with E-state index in [1.54, 1.807) is 0 Å². The third-order valence-corrected chi connectivity index (χ3v) is 6.51. The molecular weight excluding hydrogens is 410 g/mol. The fourth-order valence-electron chi connectivity index (χ4n) is 2.68. The number of halogens is 1. The van der Waals surface area contributed by atoms with Crippen LogP contribution in [-0.4, -0.2) is 32.8 Å². The quantitative estimate of drug-likeness (QED) is 0.536. The van der Waals surface area contributed by atoms with Crippen LogP contribution in [0.15, 0.2) is 77.7 Å². The van der Waals surface area contributed by atoms with Crippen LogP contribution in [0.5, 0.6) is 0 Å². The normalized spacial score (nSPS) is 11.4. The van der Waals surface area contributed by atoms with Crippen molar-refractivity contribution in [3.63, 3.8) is 0 Å². The predicted molar refractivity (Wildman–Crippen MR) is 113 cm³/mol. The van der Waals surface area contributed by atoms with Crippen molar-refractivity contribution in [1.82, 2.24) is 4.31 Å². The van der Waals surface area contributed by atoms with E-state index < -0.39 is 16.0 Å². The van der Waals surface area contributed by atoms with Gasteiger partial charge >= 0.3 is 5.97 Å².